The van der Waals surface area contributed by atoms with Crippen molar-refractivity contribution in [1.29, 1.82) is 0 Å². The zero-order valence-electron chi connectivity index (χ0n) is 10.2. The third-order valence-electron chi connectivity index (χ3n) is 3.22. The number of hydrogen-bond donors (Lipinski definition) is 1. The summed E-state index contributed by atoms with van der Waals surface area (Å²) >= 11 is 5.13. The molecule has 100 valence electrons. The Morgan fingerprint density at radius 1 is 1.33 bits per heavy atom. The fourth-order valence-corrected chi connectivity index (χ4v) is 4.15. The van der Waals surface area contributed by atoms with Gasteiger partial charge in [-0.3, -0.25) is 0 Å². The van der Waals surface area contributed by atoms with E-state index in [1.165, 1.54) is 37.8 Å². The molecule has 1 saturated carbocycles. The number of thioether (sulfide) groups is 1. The van der Waals surface area contributed by atoms with Gasteiger partial charge < -0.3 is 5.11 Å². The van der Waals surface area contributed by atoms with E-state index in [0.29, 0.717) is 6.42 Å². The van der Waals surface area contributed by atoms with Crippen molar-refractivity contribution in [2.45, 2.75) is 43.5 Å². The van der Waals surface area contributed by atoms with Crippen molar-refractivity contribution in [3.05, 3.63) is 34.1 Å². The van der Waals surface area contributed by atoms with Gasteiger partial charge in [-0.1, -0.05) is 28.8 Å². The molecular weight excluding hydrogens is 315 g/mol. The molecular formula is C14H18BrFOS. The highest BCUT2D eigenvalue weighted by Crippen LogP contribution is 2.30. The molecule has 1 aliphatic carbocycles. The third kappa shape index (κ3) is 4.56. The van der Waals surface area contributed by atoms with Crippen molar-refractivity contribution >= 4 is 27.7 Å². The predicted octanol–water partition coefficient (Wildman–Crippen LogP) is 4.17. The lowest BCUT2D eigenvalue weighted by molar-refractivity contribution is 0.200. The molecule has 2 rings (SSSR count). The molecule has 0 aromatic heterocycles. The van der Waals surface area contributed by atoms with E-state index in [2.05, 4.69) is 15.9 Å². The number of aliphatic hydroxyl groups excluding tert-OH is 1. The van der Waals surface area contributed by atoms with Crippen LogP contribution in [0.1, 0.15) is 31.2 Å². The van der Waals surface area contributed by atoms with Crippen LogP contribution in [0.15, 0.2) is 22.7 Å². The molecule has 1 N–H and O–H groups in total. The molecule has 1 nitrogen and oxygen atoms in total. The van der Waals surface area contributed by atoms with E-state index < -0.39 is 0 Å². The fraction of sp³-hybridized carbons (Fsp3) is 0.571. The molecule has 1 aromatic rings. The molecule has 0 amide bonds. The molecule has 0 bridgehead atoms. The lowest BCUT2D eigenvalue weighted by atomic mass is 10.1. The van der Waals surface area contributed by atoms with Crippen LogP contribution in [0.4, 0.5) is 4.39 Å². The van der Waals surface area contributed by atoms with Gasteiger partial charge in [0.2, 0.25) is 0 Å². The first-order valence-electron chi connectivity index (χ1n) is 6.38. The monoisotopic (exact) mass is 332 g/mol. The molecule has 1 aliphatic rings. The average Bonchev–Trinajstić information content (AvgIpc) is 2.77. The van der Waals surface area contributed by atoms with Crippen molar-refractivity contribution in [1.82, 2.24) is 0 Å². The van der Waals surface area contributed by atoms with Crippen LogP contribution in [0.5, 0.6) is 0 Å². The van der Waals surface area contributed by atoms with Crippen molar-refractivity contribution in [2.24, 2.45) is 0 Å². The van der Waals surface area contributed by atoms with Crippen LogP contribution in [-0.4, -0.2) is 22.2 Å². The van der Waals surface area contributed by atoms with Gasteiger partial charge in [-0.25, -0.2) is 4.39 Å². The maximum absolute atomic E-state index is 13.2. The summed E-state index contributed by atoms with van der Waals surface area (Å²) in [7, 11) is 0. The molecule has 0 heterocycles. The highest BCUT2D eigenvalue weighted by atomic mass is 79.9. The minimum atomic E-state index is -0.385. The van der Waals surface area contributed by atoms with Crippen molar-refractivity contribution in [3.63, 3.8) is 0 Å². The van der Waals surface area contributed by atoms with E-state index in [1.54, 1.807) is 0 Å². The maximum Gasteiger partial charge on any atom is 0.124 e. The summed E-state index contributed by atoms with van der Waals surface area (Å²) in [6.07, 6.45) is 5.35. The first kappa shape index (κ1) is 14.4. The van der Waals surface area contributed by atoms with Crippen LogP contribution in [0, 0.1) is 5.82 Å². The van der Waals surface area contributed by atoms with E-state index in [9.17, 15) is 9.50 Å². The highest BCUT2D eigenvalue weighted by Gasteiger charge is 2.17. The van der Waals surface area contributed by atoms with Gasteiger partial charge in [0.25, 0.3) is 0 Å². The predicted molar refractivity (Wildman–Crippen MR) is 78.5 cm³/mol. The van der Waals surface area contributed by atoms with Gasteiger partial charge in [-0.15, -0.1) is 0 Å². The molecule has 1 aromatic carbocycles. The zero-order chi connectivity index (χ0) is 13.0. The number of hydrogen-bond acceptors (Lipinski definition) is 2. The Kier molecular flexibility index (Phi) is 5.52. The second-order valence-corrected chi connectivity index (χ2v) is 7.12. The Bertz CT molecular complexity index is 373. The SMILES string of the molecule is OC(CSC1CCCC1)Cc1cc(F)cc(Br)c1. The largest absolute Gasteiger partial charge is 0.392 e. The normalized spacial score (nSPS) is 18.2. The molecule has 0 radical (unpaired) electrons. The smallest absolute Gasteiger partial charge is 0.124 e. The van der Waals surface area contributed by atoms with Crippen LogP contribution in [0.2, 0.25) is 0 Å². The highest BCUT2D eigenvalue weighted by molar-refractivity contribution is 9.10. The van der Waals surface area contributed by atoms with Crippen LogP contribution < -0.4 is 0 Å². The van der Waals surface area contributed by atoms with Gasteiger partial charge in [0, 0.05) is 15.5 Å². The molecule has 18 heavy (non-hydrogen) atoms. The van der Waals surface area contributed by atoms with Crippen LogP contribution >= 0.6 is 27.7 Å². The van der Waals surface area contributed by atoms with Crippen LogP contribution in [0.25, 0.3) is 0 Å². The number of benzene rings is 1. The first-order valence-corrected chi connectivity index (χ1v) is 8.22. The van der Waals surface area contributed by atoms with Crippen molar-refractivity contribution in [3.8, 4) is 0 Å². The van der Waals surface area contributed by atoms with E-state index >= 15 is 0 Å². The lowest BCUT2D eigenvalue weighted by Gasteiger charge is -2.14. The summed E-state index contributed by atoms with van der Waals surface area (Å²) in [6, 6.07) is 4.80. The summed E-state index contributed by atoms with van der Waals surface area (Å²) in [4.78, 5) is 0. The zero-order valence-corrected chi connectivity index (χ0v) is 12.6. The van der Waals surface area contributed by atoms with Gasteiger partial charge in [0.15, 0.2) is 0 Å². The van der Waals surface area contributed by atoms with Gasteiger partial charge in [-0.2, -0.15) is 11.8 Å². The minimum Gasteiger partial charge on any atom is -0.392 e. The number of rotatable bonds is 5. The maximum atomic E-state index is 13.2. The summed E-state index contributed by atoms with van der Waals surface area (Å²) in [5, 5.41) is 10.7. The van der Waals surface area contributed by atoms with Gasteiger partial charge in [0.1, 0.15) is 5.82 Å². The van der Waals surface area contributed by atoms with Crippen molar-refractivity contribution < 1.29 is 9.50 Å². The third-order valence-corrected chi connectivity index (χ3v) is 5.20. The molecule has 0 spiro atoms. The van der Waals surface area contributed by atoms with E-state index in [0.717, 1.165) is 21.0 Å². The molecule has 1 unspecified atom stereocenters. The van der Waals surface area contributed by atoms with Gasteiger partial charge in [-0.05, 0) is 43.0 Å². The molecule has 0 aliphatic heterocycles. The van der Waals surface area contributed by atoms with Crippen molar-refractivity contribution in [2.75, 3.05) is 5.75 Å². The average molecular weight is 333 g/mol. The fourth-order valence-electron chi connectivity index (χ4n) is 2.36. The Morgan fingerprint density at radius 3 is 2.72 bits per heavy atom. The summed E-state index contributed by atoms with van der Waals surface area (Å²) in [5.41, 5.74) is 0.849. The van der Waals surface area contributed by atoms with Crippen LogP contribution in [0.3, 0.4) is 0 Å². The Labute approximate surface area is 120 Å². The number of aliphatic hydroxyl groups is 1. The van der Waals surface area contributed by atoms with Gasteiger partial charge in [0.05, 0.1) is 6.10 Å². The number of halogens is 2. The molecule has 1 fully saturated rings. The Balaban J connectivity index is 1.80. The van der Waals surface area contributed by atoms with E-state index in [-0.39, 0.29) is 11.9 Å². The standard InChI is InChI=1S/C14H18BrFOS/c15-11-5-10(6-12(16)8-11)7-13(17)9-18-14-3-1-2-4-14/h5-6,8,13-14,17H,1-4,7,9H2. The molecule has 4 heteroatoms. The van der Waals surface area contributed by atoms with Gasteiger partial charge >= 0.3 is 0 Å². The topological polar surface area (TPSA) is 20.2 Å². The summed E-state index contributed by atoms with van der Waals surface area (Å²) in [5.74, 6) is 0.494. The molecule has 0 saturated heterocycles. The molecule has 1 atom stereocenters. The van der Waals surface area contributed by atoms with E-state index in [1.807, 2.05) is 17.8 Å². The second kappa shape index (κ2) is 6.92. The van der Waals surface area contributed by atoms with Crippen LogP contribution in [-0.2, 0) is 6.42 Å². The summed E-state index contributed by atoms with van der Waals surface area (Å²) in [6.45, 7) is 0. The Hall–Kier alpha value is -0.0600. The Morgan fingerprint density at radius 2 is 2.06 bits per heavy atom. The quantitative estimate of drug-likeness (QED) is 0.873. The van der Waals surface area contributed by atoms with E-state index in [4.69, 9.17) is 0 Å². The first-order chi connectivity index (χ1) is 8.63. The second-order valence-electron chi connectivity index (χ2n) is 4.88. The summed E-state index contributed by atoms with van der Waals surface area (Å²) < 4.78 is 13.9. The lowest BCUT2D eigenvalue weighted by Crippen LogP contribution is -2.15. The minimum absolute atomic E-state index is 0.255.